The summed E-state index contributed by atoms with van der Waals surface area (Å²) < 4.78 is 7.60. The molecular formula is C11H13I2NO3. The third kappa shape index (κ3) is 3.95. The Morgan fingerprint density at radius 1 is 1.47 bits per heavy atom. The zero-order valence-corrected chi connectivity index (χ0v) is 13.7. The molecule has 0 saturated carbocycles. The number of carbonyl (C=O) groups is 1. The molecule has 0 aromatic heterocycles. The molecule has 2 atom stereocenters. The second-order valence-electron chi connectivity index (χ2n) is 3.79. The van der Waals surface area contributed by atoms with Crippen molar-refractivity contribution in [3.63, 3.8) is 0 Å². The number of nitrogens with one attached hydrogen (secondary N) is 1. The lowest BCUT2D eigenvalue weighted by Crippen LogP contribution is -2.46. The summed E-state index contributed by atoms with van der Waals surface area (Å²) in [5, 5.41) is 9.12. The first-order valence-corrected chi connectivity index (χ1v) is 7.10. The molecule has 2 unspecified atom stereocenters. The second-order valence-corrected chi connectivity index (χ2v) is 6.65. The maximum Gasteiger partial charge on any atom is 0.328 e. The molecule has 4 nitrogen and oxygen atoms in total. The summed E-state index contributed by atoms with van der Waals surface area (Å²) in [4.78, 5) is 12.0. The van der Waals surface area contributed by atoms with E-state index in [4.69, 9.17) is 9.84 Å². The van der Waals surface area contributed by atoms with Crippen LogP contribution in [0, 0.1) is 0 Å². The van der Waals surface area contributed by atoms with Crippen molar-refractivity contribution in [1.29, 1.82) is 0 Å². The fraction of sp³-hybridized carbons (Fsp3) is 0.364. The number of esters is 1. The summed E-state index contributed by atoms with van der Waals surface area (Å²) in [6.07, 6.45) is 0. The van der Waals surface area contributed by atoms with Crippen LogP contribution >= 0.6 is 45.5 Å². The minimum Gasteiger partial charge on any atom is -0.508 e. The SMILES string of the molecule is CC(NI)C(C)(I)C(=O)Oc1ccc(O)cc1. The molecule has 0 aliphatic carbocycles. The molecule has 0 heterocycles. The van der Waals surface area contributed by atoms with E-state index in [1.807, 2.05) is 36.7 Å². The molecule has 1 aromatic carbocycles. The largest absolute Gasteiger partial charge is 0.508 e. The van der Waals surface area contributed by atoms with E-state index in [9.17, 15) is 4.79 Å². The van der Waals surface area contributed by atoms with E-state index in [1.54, 1.807) is 12.1 Å². The first-order chi connectivity index (χ1) is 7.87. The Balaban J connectivity index is 2.75. The maximum atomic E-state index is 12.0. The Labute approximate surface area is 128 Å². The van der Waals surface area contributed by atoms with Gasteiger partial charge in [0.15, 0.2) is 0 Å². The minimum absolute atomic E-state index is 0.0201. The number of phenols is 1. The van der Waals surface area contributed by atoms with Gasteiger partial charge in [-0.1, -0.05) is 22.6 Å². The molecule has 94 valence electrons. The van der Waals surface area contributed by atoms with Crippen LogP contribution in [0.2, 0.25) is 0 Å². The summed E-state index contributed by atoms with van der Waals surface area (Å²) in [5.41, 5.74) is 0. The van der Waals surface area contributed by atoms with Crippen molar-refractivity contribution >= 4 is 51.4 Å². The predicted octanol–water partition coefficient (Wildman–Crippen LogP) is 2.82. The van der Waals surface area contributed by atoms with Gasteiger partial charge < -0.3 is 9.84 Å². The van der Waals surface area contributed by atoms with Gasteiger partial charge in [0.2, 0.25) is 0 Å². The highest BCUT2D eigenvalue weighted by molar-refractivity contribution is 14.1. The topological polar surface area (TPSA) is 58.6 Å². The molecule has 0 saturated heterocycles. The normalized spacial score (nSPS) is 16.0. The molecule has 0 aliphatic heterocycles. The van der Waals surface area contributed by atoms with Crippen molar-refractivity contribution in [2.75, 3.05) is 0 Å². The molecule has 6 heteroatoms. The van der Waals surface area contributed by atoms with Gasteiger partial charge >= 0.3 is 5.97 Å². The Morgan fingerprint density at radius 2 is 2.00 bits per heavy atom. The van der Waals surface area contributed by atoms with Crippen molar-refractivity contribution in [3.05, 3.63) is 24.3 Å². The van der Waals surface area contributed by atoms with Gasteiger partial charge in [-0.2, -0.15) is 0 Å². The van der Waals surface area contributed by atoms with Crippen LogP contribution in [-0.4, -0.2) is 20.5 Å². The number of rotatable bonds is 4. The highest BCUT2D eigenvalue weighted by Gasteiger charge is 2.37. The first-order valence-electron chi connectivity index (χ1n) is 4.94. The number of hydrogen-bond acceptors (Lipinski definition) is 4. The molecule has 0 radical (unpaired) electrons. The Morgan fingerprint density at radius 3 is 2.47 bits per heavy atom. The van der Waals surface area contributed by atoms with E-state index in [1.165, 1.54) is 12.1 Å². The molecule has 1 aromatic rings. The fourth-order valence-corrected chi connectivity index (χ4v) is 2.48. The molecule has 0 amide bonds. The molecular weight excluding hydrogens is 448 g/mol. The van der Waals surface area contributed by atoms with Gasteiger partial charge in [-0.15, -0.1) is 0 Å². The average molecular weight is 461 g/mol. The van der Waals surface area contributed by atoms with Gasteiger partial charge in [0.25, 0.3) is 0 Å². The molecule has 2 N–H and O–H groups in total. The van der Waals surface area contributed by atoms with Gasteiger partial charge in [0, 0.05) is 28.9 Å². The van der Waals surface area contributed by atoms with Crippen LogP contribution in [-0.2, 0) is 4.79 Å². The lowest BCUT2D eigenvalue weighted by molar-refractivity contribution is -0.136. The van der Waals surface area contributed by atoms with E-state index < -0.39 is 3.42 Å². The predicted molar refractivity (Wildman–Crippen MR) is 82.8 cm³/mol. The van der Waals surface area contributed by atoms with Crippen molar-refractivity contribution in [2.24, 2.45) is 0 Å². The molecule has 1 rings (SSSR count). The van der Waals surface area contributed by atoms with Crippen LogP contribution < -0.4 is 8.27 Å². The van der Waals surface area contributed by atoms with Crippen LogP contribution in [0.15, 0.2) is 24.3 Å². The first kappa shape index (κ1) is 15.0. The third-order valence-electron chi connectivity index (χ3n) is 2.42. The minimum atomic E-state index is -0.656. The van der Waals surface area contributed by atoms with E-state index in [-0.39, 0.29) is 17.8 Å². The van der Waals surface area contributed by atoms with Crippen LogP contribution in [0.25, 0.3) is 0 Å². The van der Waals surface area contributed by atoms with Gasteiger partial charge in [0.05, 0.1) is 0 Å². The number of benzene rings is 1. The number of alkyl halides is 1. The number of aromatic hydroxyl groups is 1. The van der Waals surface area contributed by atoms with Crippen LogP contribution in [0.3, 0.4) is 0 Å². The summed E-state index contributed by atoms with van der Waals surface area (Å²) in [6, 6.07) is 6.05. The lowest BCUT2D eigenvalue weighted by atomic mass is 10.1. The summed E-state index contributed by atoms with van der Waals surface area (Å²) in [7, 11) is 0. The second kappa shape index (κ2) is 6.19. The highest BCUT2D eigenvalue weighted by Crippen LogP contribution is 2.27. The monoisotopic (exact) mass is 461 g/mol. The summed E-state index contributed by atoms with van der Waals surface area (Å²) in [6.45, 7) is 3.73. The number of halogens is 2. The van der Waals surface area contributed by atoms with Crippen LogP contribution in [0.4, 0.5) is 0 Å². The van der Waals surface area contributed by atoms with E-state index in [2.05, 4.69) is 26.1 Å². The standard InChI is InChI=1S/C11H13I2NO3/c1-7(14-13)11(2,12)10(16)17-9-5-3-8(15)4-6-9/h3-7,14-15H,1-2H3. The van der Waals surface area contributed by atoms with E-state index >= 15 is 0 Å². The van der Waals surface area contributed by atoms with Gasteiger partial charge in [-0.3, -0.25) is 8.32 Å². The maximum absolute atomic E-state index is 12.0. The quantitative estimate of drug-likeness (QED) is 0.238. The zero-order valence-electron chi connectivity index (χ0n) is 9.41. The van der Waals surface area contributed by atoms with E-state index in [0.717, 1.165) is 0 Å². The Hall–Kier alpha value is -0.0900. The van der Waals surface area contributed by atoms with Crippen molar-refractivity contribution in [3.8, 4) is 11.5 Å². The van der Waals surface area contributed by atoms with Crippen LogP contribution in [0.5, 0.6) is 11.5 Å². The van der Waals surface area contributed by atoms with Gasteiger partial charge in [0.1, 0.15) is 14.9 Å². The number of hydrogen-bond donors (Lipinski definition) is 2. The molecule has 17 heavy (non-hydrogen) atoms. The summed E-state index contributed by atoms with van der Waals surface area (Å²) >= 11 is 4.08. The zero-order chi connectivity index (χ0) is 13.1. The van der Waals surface area contributed by atoms with Crippen molar-refractivity contribution in [2.45, 2.75) is 23.3 Å². The van der Waals surface area contributed by atoms with E-state index in [0.29, 0.717) is 5.75 Å². The number of ether oxygens (including phenoxy) is 1. The highest BCUT2D eigenvalue weighted by atomic mass is 127. The van der Waals surface area contributed by atoms with Gasteiger partial charge in [-0.25, -0.2) is 0 Å². The average Bonchev–Trinajstić information content (AvgIpc) is 2.30. The Kier molecular flexibility index (Phi) is 5.45. The Bertz CT molecular complexity index is 392. The molecule has 0 spiro atoms. The molecule has 0 bridgehead atoms. The molecule has 0 fully saturated rings. The van der Waals surface area contributed by atoms with Crippen molar-refractivity contribution < 1.29 is 14.6 Å². The number of phenolic OH excluding ortho intramolecular Hbond substituents is 1. The van der Waals surface area contributed by atoms with Gasteiger partial charge in [-0.05, 0) is 38.1 Å². The van der Waals surface area contributed by atoms with Crippen LogP contribution in [0.1, 0.15) is 13.8 Å². The third-order valence-corrected chi connectivity index (χ3v) is 4.73. The lowest BCUT2D eigenvalue weighted by Gasteiger charge is -2.26. The molecule has 0 aliphatic rings. The van der Waals surface area contributed by atoms with Crippen molar-refractivity contribution in [1.82, 2.24) is 3.53 Å². The fourth-order valence-electron chi connectivity index (χ4n) is 1.00. The number of carbonyl (C=O) groups excluding carboxylic acids is 1. The summed E-state index contributed by atoms with van der Waals surface area (Å²) in [5.74, 6) is 0.251. The smallest absolute Gasteiger partial charge is 0.328 e.